The maximum absolute atomic E-state index is 9.91. The largest absolute Gasteiger partial charge is 0.299 e. The van der Waals surface area contributed by atoms with Crippen LogP contribution in [0.5, 0.6) is 0 Å². The van der Waals surface area contributed by atoms with E-state index in [9.17, 15) is 4.79 Å². The monoisotopic (exact) mass is 111 g/mol. The smallest absolute Gasteiger partial charge is 0.189 e. The van der Waals surface area contributed by atoms with Crippen molar-refractivity contribution in [2.75, 3.05) is 0 Å². The Kier molecular flexibility index (Phi) is 1.37. The lowest BCUT2D eigenvalue weighted by Crippen LogP contribution is -2.26. The van der Waals surface area contributed by atoms with Gasteiger partial charge in [-0.25, -0.2) is 0 Å². The first kappa shape index (κ1) is 4.96. The lowest BCUT2D eigenvalue weighted by atomic mass is 10.6. The Morgan fingerprint density at radius 2 is 2.50 bits per heavy atom. The van der Waals surface area contributed by atoms with Gasteiger partial charge in [0.15, 0.2) is 12.5 Å². The SMILES string of the molecule is O=CC1N=CC=NN1. The van der Waals surface area contributed by atoms with Crippen molar-refractivity contribution in [1.82, 2.24) is 5.43 Å². The Morgan fingerprint density at radius 1 is 1.62 bits per heavy atom. The average Bonchev–Trinajstić information content (AvgIpc) is 1.90. The highest BCUT2D eigenvalue weighted by Gasteiger charge is 1.99. The molecule has 0 fully saturated rings. The normalized spacial score (nSPS) is 24.8. The molecule has 0 aliphatic carbocycles. The Bertz CT molecular complexity index is 140. The molecule has 4 nitrogen and oxygen atoms in total. The first-order valence-electron chi connectivity index (χ1n) is 2.19. The Morgan fingerprint density at radius 3 is 2.88 bits per heavy atom. The van der Waals surface area contributed by atoms with E-state index in [1.807, 2.05) is 0 Å². The second-order valence-corrected chi connectivity index (χ2v) is 1.29. The van der Waals surface area contributed by atoms with Crippen molar-refractivity contribution in [3.05, 3.63) is 0 Å². The molecule has 1 rings (SSSR count). The van der Waals surface area contributed by atoms with Crippen LogP contribution >= 0.6 is 0 Å². The molecule has 1 aliphatic rings. The van der Waals surface area contributed by atoms with Crippen molar-refractivity contribution in [3.63, 3.8) is 0 Å². The van der Waals surface area contributed by atoms with E-state index in [0.29, 0.717) is 6.29 Å². The second kappa shape index (κ2) is 2.20. The summed E-state index contributed by atoms with van der Waals surface area (Å²) in [5, 5.41) is 3.57. The molecular weight excluding hydrogens is 106 g/mol. The predicted octanol–water partition coefficient (Wildman–Crippen LogP) is -0.829. The van der Waals surface area contributed by atoms with Crippen LogP contribution in [0.3, 0.4) is 0 Å². The zero-order valence-corrected chi connectivity index (χ0v) is 4.11. The van der Waals surface area contributed by atoms with E-state index in [0.717, 1.165) is 0 Å². The van der Waals surface area contributed by atoms with Gasteiger partial charge in [-0.3, -0.25) is 15.2 Å². The minimum Gasteiger partial charge on any atom is -0.299 e. The highest BCUT2D eigenvalue weighted by molar-refractivity contribution is 6.16. The molecule has 0 aromatic rings. The molecule has 0 amide bonds. The third-order valence-electron chi connectivity index (χ3n) is 0.724. The molecule has 4 heteroatoms. The van der Waals surface area contributed by atoms with E-state index < -0.39 is 6.17 Å². The molecule has 0 bridgehead atoms. The third-order valence-corrected chi connectivity index (χ3v) is 0.724. The van der Waals surface area contributed by atoms with Crippen LogP contribution in [-0.4, -0.2) is 24.9 Å². The van der Waals surface area contributed by atoms with E-state index in [2.05, 4.69) is 15.5 Å². The van der Waals surface area contributed by atoms with Crippen molar-refractivity contribution in [3.8, 4) is 0 Å². The van der Waals surface area contributed by atoms with Gasteiger partial charge in [-0.1, -0.05) is 0 Å². The van der Waals surface area contributed by atoms with Crippen LogP contribution in [0.25, 0.3) is 0 Å². The van der Waals surface area contributed by atoms with Gasteiger partial charge in [0.2, 0.25) is 0 Å². The molecule has 1 heterocycles. The molecule has 42 valence electrons. The van der Waals surface area contributed by atoms with E-state index in [-0.39, 0.29) is 0 Å². The van der Waals surface area contributed by atoms with Crippen molar-refractivity contribution in [2.24, 2.45) is 10.1 Å². The number of hydrogen-bond donors (Lipinski definition) is 1. The highest BCUT2D eigenvalue weighted by atomic mass is 16.1. The van der Waals surface area contributed by atoms with Crippen LogP contribution < -0.4 is 5.43 Å². The van der Waals surface area contributed by atoms with Gasteiger partial charge in [-0.05, 0) is 0 Å². The maximum atomic E-state index is 9.91. The van der Waals surface area contributed by atoms with Gasteiger partial charge in [-0.15, -0.1) is 0 Å². The number of carbonyl (C=O) groups is 1. The van der Waals surface area contributed by atoms with Crippen molar-refractivity contribution < 1.29 is 4.79 Å². The van der Waals surface area contributed by atoms with Crippen LogP contribution in [0.2, 0.25) is 0 Å². The maximum Gasteiger partial charge on any atom is 0.189 e. The summed E-state index contributed by atoms with van der Waals surface area (Å²) in [5.74, 6) is 0. The molecule has 8 heavy (non-hydrogen) atoms. The van der Waals surface area contributed by atoms with Gasteiger partial charge >= 0.3 is 0 Å². The molecule has 1 N–H and O–H groups in total. The minimum absolute atomic E-state index is 0.472. The topological polar surface area (TPSA) is 53.8 Å². The lowest BCUT2D eigenvalue weighted by Gasteiger charge is -2.04. The number of rotatable bonds is 1. The summed E-state index contributed by atoms with van der Waals surface area (Å²) in [7, 11) is 0. The van der Waals surface area contributed by atoms with Gasteiger partial charge in [0.05, 0.1) is 6.21 Å². The summed E-state index contributed by atoms with van der Waals surface area (Å²) in [5.41, 5.74) is 2.47. The predicted molar refractivity (Wildman–Crippen MR) is 30.0 cm³/mol. The summed E-state index contributed by atoms with van der Waals surface area (Å²) in [4.78, 5) is 13.6. The summed E-state index contributed by atoms with van der Waals surface area (Å²) in [6.07, 6.45) is 3.18. The van der Waals surface area contributed by atoms with Gasteiger partial charge in [0.1, 0.15) is 0 Å². The van der Waals surface area contributed by atoms with Crippen molar-refractivity contribution in [1.29, 1.82) is 0 Å². The molecule has 0 radical (unpaired) electrons. The third kappa shape index (κ3) is 0.900. The molecule has 1 unspecified atom stereocenters. The quantitative estimate of drug-likeness (QED) is 0.449. The molecule has 0 aromatic heterocycles. The van der Waals surface area contributed by atoms with E-state index in [1.165, 1.54) is 12.4 Å². The molecule has 0 spiro atoms. The van der Waals surface area contributed by atoms with Crippen LogP contribution in [0.15, 0.2) is 10.1 Å². The Balaban J connectivity index is 2.51. The first-order chi connectivity index (χ1) is 3.93. The van der Waals surface area contributed by atoms with Gasteiger partial charge < -0.3 is 0 Å². The number of hydrogen-bond acceptors (Lipinski definition) is 4. The Labute approximate surface area is 46.3 Å². The standard InChI is InChI=1S/C4H5N3O/c8-3-4-5-1-2-6-7-4/h1-4,7H. The van der Waals surface area contributed by atoms with Crippen LogP contribution in [0, 0.1) is 0 Å². The number of aldehydes is 1. The van der Waals surface area contributed by atoms with E-state index >= 15 is 0 Å². The number of carbonyl (C=O) groups excluding carboxylic acids is 1. The fourth-order valence-electron chi connectivity index (χ4n) is 0.383. The molecule has 1 atom stereocenters. The van der Waals surface area contributed by atoms with Crippen molar-refractivity contribution in [2.45, 2.75) is 6.17 Å². The zero-order chi connectivity index (χ0) is 5.82. The number of nitrogens with one attached hydrogen (secondary N) is 1. The molecular formula is C4H5N3O. The summed E-state index contributed by atoms with van der Waals surface area (Å²) < 4.78 is 0. The fourth-order valence-corrected chi connectivity index (χ4v) is 0.383. The first-order valence-corrected chi connectivity index (χ1v) is 2.19. The molecule has 0 saturated heterocycles. The molecule has 0 aromatic carbocycles. The fraction of sp³-hybridized carbons (Fsp3) is 0.250. The van der Waals surface area contributed by atoms with Crippen LogP contribution in [-0.2, 0) is 4.79 Å². The van der Waals surface area contributed by atoms with E-state index in [4.69, 9.17) is 0 Å². The minimum atomic E-state index is -0.472. The second-order valence-electron chi connectivity index (χ2n) is 1.29. The molecule has 1 aliphatic heterocycles. The van der Waals surface area contributed by atoms with Gasteiger partial charge in [0.25, 0.3) is 0 Å². The average molecular weight is 111 g/mol. The van der Waals surface area contributed by atoms with E-state index in [1.54, 1.807) is 0 Å². The van der Waals surface area contributed by atoms with Gasteiger partial charge in [-0.2, -0.15) is 5.10 Å². The Hall–Kier alpha value is -1.19. The van der Waals surface area contributed by atoms with Gasteiger partial charge in [0, 0.05) is 6.21 Å². The summed E-state index contributed by atoms with van der Waals surface area (Å²) >= 11 is 0. The highest BCUT2D eigenvalue weighted by Crippen LogP contribution is 1.81. The van der Waals surface area contributed by atoms with Crippen LogP contribution in [0.1, 0.15) is 0 Å². The zero-order valence-electron chi connectivity index (χ0n) is 4.11. The number of hydrazone groups is 1. The summed E-state index contributed by atoms with van der Waals surface area (Å²) in [6, 6.07) is 0. The van der Waals surface area contributed by atoms with Crippen molar-refractivity contribution >= 4 is 18.7 Å². The summed E-state index contributed by atoms with van der Waals surface area (Å²) in [6.45, 7) is 0. The van der Waals surface area contributed by atoms with Crippen LogP contribution in [0.4, 0.5) is 0 Å². The number of aliphatic imine (C=N–C) groups is 1. The lowest BCUT2D eigenvalue weighted by molar-refractivity contribution is -0.109. The molecule has 0 saturated carbocycles. The number of nitrogens with zero attached hydrogens (tertiary/aromatic N) is 2.